The third-order valence-corrected chi connectivity index (χ3v) is 9.05. The molecule has 3 aliphatic rings. The molecule has 4 atom stereocenters. The van der Waals surface area contributed by atoms with Crippen molar-refractivity contribution in [1.82, 2.24) is 20.3 Å². The van der Waals surface area contributed by atoms with E-state index in [-0.39, 0.29) is 36.8 Å². The van der Waals surface area contributed by atoms with Crippen molar-refractivity contribution in [2.45, 2.75) is 44.0 Å². The Bertz CT molecular complexity index is 1540. The largest absolute Gasteiger partial charge is 0.481 e. The summed E-state index contributed by atoms with van der Waals surface area (Å²) in [6.07, 6.45) is 0.460. The number of carbonyl (C=O) groups is 2. The van der Waals surface area contributed by atoms with Crippen LogP contribution >= 0.6 is 11.3 Å². The highest BCUT2D eigenvalue weighted by Gasteiger charge is 2.61. The molecule has 0 radical (unpaired) electrons. The van der Waals surface area contributed by atoms with Gasteiger partial charge in [-0.15, -0.1) is 11.3 Å². The highest BCUT2D eigenvalue weighted by atomic mass is 32.1. The van der Waals surface area contributed by atoms with Crippen LogP contribution in [-0.4, -0.2) is 102 Å². The van der Waals surface area contributed by atoms with Gasteiger partial charge >= 0.3 is 11.9 Å². The van der Waals surface area contributed by atoms with E-state index in [1.807, 2.05) is 0 Å². The number of benzene rings is 1. The van der Waals surface area contributed by atoms with E-state index in [4.69, 9.17) is 14.3 Å². The number of carbonyl (C=O) groups excluding carboxylic acids is 1. The molecule has 3 aliphatic heterocycles. The summed E-state index contributed by atoms with van der Waals surface area (Å²) in [5, 5.41) is 15.5. The molecule has 2 fully saturated rings. The number of methoxy groups -OCH3 is 2. The molecule has 244 valence electrons. The Morgan fingerprint density at radius 3 is 2.60 bits per heavy atom. The number of fused-ring (bicyclic) bond motifs is 1. The maximum Gasteiger partial charge on any atom is 0.338 e. The molecule has 0 bridgehead atoms. The van der Waals surface area contributed by atoms with Gasteiger partial charge in [0.25, 0.3) is 5.92 Å². The van der Waals surface area contributed by atoms with Crippen LogP contribution in [0.3, 0.4) is 0 Å². The van der Waals surface area contributed by atoms with Crippen LogP contribution in [0.2, 0.25) is 0 Å². The monoisotopic (exact) mass is 659 g/mol. The van der Waals surface area contributed by atoms with Gasteiger partial charge in [-0.3, -0.25) is 19.5 Å². The minimum Gasteiger partial charge on any atom is -0.481 e. The van der Waals surface area contributed by atoms with Crippen molar-refractivity contribution in [1.29, 1.82) is 0 Å². The molecule has 1 aromatic carbocycles. The van der Waals surface area contributed by atoms with E-state index >= 15 is 13.2 Å². The molecule has 45 heavy (non-hydrogen) atoms. The predicted octanol–water partition coefficient (Wildman–Crippen LogP) is 3.14. The molecular weight excluding hydrogens is 629 g/mol. The Morgan fingerprint density at radius 2 is 1.98 bits per heavy atom. The molecule has 0 spiro atoms. The Kier molecular flexibility index (Phi) is 9.02. The van der Waals surface area contributed by atoms with Crippen LogP contribution in [0.5, 0.6) is 0 Å². The molecule has 5 rings (SSSR count). The first-order chi connectivity index (χ1) is 21.2. The van der Waals surface area contributed by atoms with Crippen molar-refractivity contribution in [2.75, 3.05) is 40.5 Å². The molecule has 0 aliphatic carbocycles. The van der Waals surface area contributed by atoms with E-state index in [1.54, 1.807) is 5.38 Å². The molecule has 17 heteroatoms. The first-order valence-corrected chi connectivity index (χ1v) is 14.6. The number of amidine groups is 1. The number of likely N-dealkylation sites (tertiary alicyclic amines) is 1. The fraction of sp³-hybridized carbons (Fsp3) is 0.500. The molecular formula is C28H30F5N5O6S. The first kappa shape index (κ1) is 32.9. The standard InChI is InChI=1S/C28H30F5N5O6S/c1-27(2,26(40)41)17(42-3)10-38-22-16(11-44-38)37(12-28(22,32)33)9-15-18(25(39)43-4)21(13-5-6-14(29)20(31)19(13)30)36-23(35-15)24-34-7-8-45-24/h5-8,16-17,21-22H,9-12H2,1-4H3,(H,35,36)(H,40,41)/t16-,17+,21+,22+/m1/s1. The Morgan fingerprint density at radius 1 is 1.24 bits per heavy atom. The Hall–Kier alpha value is -3.51. The number of nitrogens with one attached hydrogen (secondary N) is 1. The van der Waals surface area contributed by atoms with E-state index in [2.05, 4.69) is 15.3 Å². The molecule has 2 aromatic rings. The average Bonchev–Trinajstić information content (AvgIpc) is 3.73. The number of nitrogens with zero attached hydrogens (tertiary/aromatic N) is 4. The van der Waals surface area contributed by atoms with Crippen LogP contribution in [0.25, 0.3) is 0 Å². The number of thiazole rings is 1. The third kappa shape index (κ3) is 5.94. The van der Waals surface area contributed by atoms with Crippen molar-refractivity contribution in [3.63, 3.8) is 0 Å². The lowest BCUT2D eigenvalue weighted by atomic mass is 9.86. The molecule has 1 aromatic heterocycles. The minimum atomic E-state index is -3.36. The van der Waals surface area contributed by atoms with Gasteiger partial charge in [0.1, 0.15) is 12.1 Å². The Balaban J connectivity index is 1.52. The maximum atomic E-state index is 15.7. The van der Waals surface area contributed by atoms with E-state index in [9.17, 15) is 23.5 Å². The van der Waals surface area contributed by atoms with Crippen LogP contribution < -0.4 is 5.32 Å². The highest BCUT2D eigenvalue weighted by molar-refractivity contribution is 7.11. The van der Waals surface area contributed by atoms with Gasteiger partial charge in [-0.05, 0) is 19.9 Å². The fourth-order valence-electron chi connectivity index (χ4n) is 5.75. The number of carboxylic acid groups (broad SMARTS) is 1. The van der Waals surface area contributed by atoms with Gasteiger partial charge in [-0.25, -0.2) is 31.7 Å². The maximum absolute atomic E-state index is 15.7. The van der Waals surface area contributed by atoms with Crippen LogP contribution in [0.1, 0.15) is 30.5 Å². The number of ether oxygens (including phenoxy) is 2. The molecule has 4 heterocycles. The average molecular weight is 660 g/mol. The zero-order valence-electron chi connectivity index (χ0n) is 24.5. The van der Waals surface area contributed by atoms with Crippen molar-refractivity contribution in [2.24, 2.45) is 10.4 Å². The number of aliphatic carboxylic acids is 1. The topological polar surface area (TPSA) is 126 Å². The first-order valence-electron chi connectivity index (χ1n) is 13.7. The number of rotatable bonds is 10. The number of hydrogen-bond acceptors (Lipinski definition) is 11. The van der Waals surface area contributed by atoms with Crippen molar-refractivity contribution in [3.8, 4) is 0 Å². The molecule has 11 nitrogen and oxygen atoms in total. The second kappa shape index (κ2) is 12.4. The number of aliphatic imine (C=N–C) groups is 1. The highest BCUT2D eigenvalue weighted by Crippen LogP contribution is 2.42. The van der Waals surface area contributed by atoms with Crippen LogP contribution in [0.4, 0.5) is 22.0 Å². The smallest absolute Gasteiger partial charge is 0.338 e. The van der Waals surface area contributed by atoms with Crippen LogP contribution in [-0.2, 0) is 23.9 Å². The van der Waals surface area contributed by atoms with Crippen molar-refractivity contribution in [3.05, 3.63) is 63.0 Å². The lowest BCUT2D eigenvalue weighted by molar-refractivity contribution is -0.205. The lowest BCUT2D eigenvalue weighted by Crippen LogP contribution is -2.51. The van der Waals surface area contributed by atoms with Gasteiger partial charge in [0.2, 0.25) is 0 Å². The SMILES string of the molecule is COC(=O)C1=C(CN2CC(F)(F)[C@@H]3[C@H]2CON3C[C@H](OC)C(C)(C)C(=O)O)NC(c2nccs2)=N[C@H]1c1ccc(F)c(F)c1F. The quantitative estimate of drug-likeness (QED) is 0.223. The summed E-state index contributed by atoms with van der Waals surface area (Å²) in [5.41, 5.74) is -2.19. The van der Waals surface area contributed by atoms with Gasteiger partial charge in [-0.1, -0.05) is 6.07 Å². The van der Waals surface area contributed by atoms with Crippen LogP contribution in [0, 0.1) is 22.9 Å². The number of carboxylic acids is 1. The van der Waals surface area contributed by atoms with E-state index in [0.717, 1.165) is 29.6 Å². The number of hydrogen-bond donors (Lipinski definition) is 2. The number of esters is 1. The second-order valence-corrected chi connectivity index (χ2v) is 12.2. The van der Waals surface area contributed by atoms with Gasteiger partial charge < -0.3 is 19.9 Å². The lowest BCUT2D eigenvalue weighted by Gasteiger charge is -2.34. The van der Waals surface area contributed by atoms with Gasteiger partial charge in [0.15, 0.2) is 28.3 Å². The summed E-state index contributed by atoms with van der Waals surface area (Å²) in [6, 6.07) is -2.34. The van der Waals surface area contributed by atoms with Gasteiger partial charge in [0, 0.05) is 36.5 Å². The van der Waals surface area contributed by atoms with Crippen molar-refractivity contribution >= 4 is 29.1 Å². The van der Waals surface area contributed by atoms with Crippen LogP contribution in [0.15, 0.2) is 40.0 Å². The molecule has 0 amide bonds. The summed E-state index contributed by atoms with van der Waals surface area (Å²) >= 11 is 1.14. The van der Waals surface area contributed by atoms with Gasteiger partial charge in [0.05, 0.1) is 49.9 Å². The van der Waals surface area contributed by atoms with Crippen molar-refractivity contribution < 1.29 is 51.0 Å². The summed E-state index contributed by atoms with van der Waals surface area (Å²) in [4.78, 5) is 40.5. The summed E-state index contributed by atoms with van der Waals surface area (Å²) in [7, 11) is 2.34. The molecule has 0 unspecified atom stereocenters. The summed E-state index contributed by atoms with van der Waals surface area (Å²) in [6.45, 7) is 1.25. The minimum absolute atomic E-state index is 0.00728. The summed E-state index contributed by atoms with van der Waals surface area (Å²) < 4.78 is 84.9. The zero-order valence-corrected chi connectivity index (χ0v) is 25.3. The van der Waals surface area contributed by atoms with E-state index < -0.39 is 77.1 Å². The predicted molar refractivity (Wildman–Crippen MR) is 149 cm³/mol. The molecule has 0 saturated carbocycles. The van der Waals surface area contributed by atoms with Gasteiger partial charge in [-0.2, -0.15) is 5.06 Å². The zero-order chi connectivity index (χ0) is 32.8. The molecule has 2 saturated heterocycles. The number of alkyl halides is 2. The number of halogens is 5. The second-order valence-electron chi connectivity index (χ2n) is 11.3. The van der Waals surface area contributed by atoms with E-state index in [1.165, 1.54) is 32.1 Å². The summed E-state index contributed by atoms with van der Waals surface area (Å²) in [5.74, 6) is -10.3. The number of aromatic nitrogens is 1. The normalized spacial score (nSPS) is 24.3. The van der Waals surface area contributed by atoms with E-state index in [0.29, 0.717) is 11.1 Å². The number of hydroxylamine groups is 2. The fourth-order valence-corrected chi connectivity index (χ4v) is 6.34. The Labute approximate surface area is 258 Å². The molecule has 2 N–H and O–H groups in total. The third-order valence-electron chi connectivity index (χ3n) is 8.28.